The quantitative estimate of drug-likeness (QED) is 0.608. The molecule has 2 aromatic carbocycles. The topological polar surface area (TPSA) is 44.4 Å². The first-order chi connectivity index (χ1) is 13.7. The largest absolute Gasteiger partial charge is 0.356 e. The molecule has 1 amide bonds. The number of halogens is 1. The summed E-state index contributed by atoms with van der Waals surface area (Å²) in [5, 5.41) is 6.57. The highest BCUT2D eigenvalue weighted by atomic mass is 35.5. The monoisotopic (exact) mass is 415 g/mol. The molecule has 3 rings (SSSR count). The molecule has 2 atom stereocenters. The fraction of sp³-hybridized carbons (Fsp3) is 0.458. The van der Waals surface area contributed by atoms with Gasteiger partial charge in [0.2, 0.25) is 5.91 Å². The van der Waals surface area contributed by atoms with Crippen molar-refractivity contribution in [2.24, 2.45) is 5.92 Å². The average molecular weight is 416 g/mol. The van der Waals surface area contributed by atoms with E-state index in [2.05, 4.69) is 83.1 Å². The van der Waals surface area contributed by atoms with E-state index in [1.54, 1.807) is 0 Å². The zero-order valence-electron chi connectivity index (χ0n) is 17.3. The molecule has 29 heavy (non-hydrogen) atoms. The second-order valence-corrected chi connectivity index (χ2v) is 7.90. The van der Waals surface area contributed by atoms with Gasteiger partial charge in [0.05, 0.1) is 0 Å². The van der Waals surface area contributed by atoms with Gasteiger partial charge in [-0.1, -0.05) is 60.7 Å². The van der Waals surface area contributed by atoms with E-state index in [4.69, 9.17) is 0 Å². The Labute approximate surface area is 181 Å². The van der Waals surface area contributed by atoms with Gasteiger partial charge in [-0.05, 0) is 43.9 Å². The third kappa shape index (κ3) is 8.17. The Balaban J connectivity index is 0.00000300. The first-order valence-corrected chi connectivity index (χ1v) is 10.5. The van der Waals surface area contributed by atoms with E-state index >= 15 is 0 Å². The average Bonchev–Trinajstić information content (AvgIpc) is 2.72. The van der Waals surface area contributed by atoms with E-state index in [0.717, 1.165) is 52.0 Å². The second kappa shape index (κ2) is 12.6. The van der Waals surface area contributed by atoms with Crippen LogP contribution in [0, 0.1) is 5.92 Å². The lowest BCUT2D eigenvalue weighted by atomic mass is 9.92. The molecule has 1 heterocycles. The molecule has 0 radical (unpaired) electrons. The van der Waals surface area contributed by atoms with Crippen molar-refractivity contribution >= 4 is 18.3 Å². The molecule has 0 aromatic heterocycles. The number of piperidine rings is 1. The van der Waals surface area contributed by atoms with Crippen LogP contribution in [0.25, 0.3) is 0 Å². The molecule has 0 spiro atoms. The molecule has 1 saturated heterocycles. The van der Waals surface area contributed by atoms with E-state index in [1.165, 1.54) is 11.1 Å². The number of carbonyl (C=O) groups excluding carboxylic acids is 1. The summed E-state index contributed by atoms with van der Waals surface area (Å²) >= 11 is 0. The first-order valence-electron chi connectivity index (χ1n) is 10.5. The molecule has 158 valence electrons. The van der Waals surface area contributed by atoms with Gasteiger partial charge in [0.1, 0.15) is 0 Å². The molecule has 0 bridgehead atoms. The van der Waals surface area contributed by atoms with E-state index in [1.807, 2.05) is 0 Å². The Bertz CT molecular complexity index is 669. The van der Waals surface area contributed by atoms with Crippen LogP contribution < -0.4 is 10.6 Å². The summed E-state index contributed by atoms with van der Waals surface area (Å²) in [6.07, 6.45) is 2.86. The Morgan fingerprint density at radius 1 is 1.03 bits per heavy atom. The van der Waals surface area contributed by atoms with Crippen LogP contribution in [0.15, 0.2) is 60.7 Å². The number of benzene rings is 2. The van der Waals surface area contributed by atoms with Gasteiger partial charge < -0.3 is 10.6 Å². The molecule has 0 unspecified atom stereocenters. The lowest BCUT2D eigenvalue weighted by Crippen LogP contribution is -2.42. The third-order valence-electron chi connectivity index (χ3n) is 5.44. The number of hydrogen-bond donors (Lipinski definition) is 2. The van der Waals surface area contributed by atoms with Crippen molar-refractivity contribution in [3.63, 3.8) is 0 Å². The molecule has 1 aliphatic rings. The minimum atomic E-state index is 0. The summed E-state index contributed by atoms with van der Waals surface area (Å²) in [7, 11) is 0. The molecular formula is C24H34ClN3O. The van der Waals surface area contributed by atoms with Crippen LogP contribution in [0.5, 0.6) is 0 Å². The van der Waals surface area contributed by atoms with E-state index in [9.17, 15) is 4.79 Å². The van der Waals surface area contributed by atoms with Crippen molar-refractivity contribution in [2.45, 2.75) is 45.3 Å². The van der Waals surface area contributed by atoms with E-state index in [-0.39, 0.29) is 24.2 Å². The maximum Gasteiger partial charge on any atom is 0.223 e. The summed E-state index contributed by atoms with van der Waals surface area (Å²) in [6, 6.07) is 21.6. The van der Waals surface area contributed by atoms with Gasteiger partial charge in [0.25, 0.3) is 0 Å². The molecule has 4 nitrogen and oxygen atoms in total. The van der Waals surface area contributed by atoms with Crippen LogP contribution in [-0.2, 0) is 17.9 Å². The fourth-order valence-electron chi connectivity index (χ4n) is 3.93. The Hall–Kier alpha value is -1.88. The van der Waals surface area contributed by atoms with Gasteiger partial charge in [-0.2, -0.15) is 0 Å². The SMILES string of the molecule is C[C@H]1C[C@@H](C(=O)NCCCN(Cc2ccccc2)Cc2ccccc2)CCN1.Cl. The summed E-state index contributed by atoms with van der Waals surface area (Å²) in [4.78, 5) is 14.9. The number of nitrogens with zero attached hydrogens (tertiary/aromatic N) is 1. The van der Waals surface area contributed by atoms with E-state index in [0.29, 0.717) is 6.04 Å². The summed E-state index contributed by atoms with van der Waals surface area (Å²) < 4.78 is 0. The lowest BCUT2D eigenvalue weighted by Gasteiger charge is -2.27. The highest BCUT2D eigenvalue weighted by Crippen LogP contribution is 2.16. The van der Waals surface area contributed by atoms with Gasteiger partial charge in [0, 0.05) is 38.1 Å². The van der Waals surface area contributed by atoms with E-state index < -0.39 is 0 Å². The molecule has 1 fully saturated rings. The van der Waals surface area contributed by atoms with Crippen LogP contribution >= 0.6 is 12.4 Å². The van der Waals surface area contributed by atoms with Crippen LogP contribution in [0.3, 0.4) is 0 Å². The zero-order valence-corrected chi connectivity index (χ0v) is 18.2. The van der Waals surface area contributed by atoms with Crippen molar-refractivity contribution in [3.8, 4) is 0 Å². The van der Waals surface area contributed by atoms with Crippen LogP contribution in [0.1, 0.15) is 37.3 Å². The normalized spacial score (nSPS) is 18.8. The van der Waals surface area contributed by atoms with Crippen molar-refractivity contribution in [1.29, 1.82) is 0 Å². The first kappa shape index (κ1) is 23.4. The van der Waals surface area contributed by atoms with Crippen molar-refractivity contribution in [3.05, 3.63) is 71.8 Å². The number of hydrogen-bond acceptors (Lipinski definition) is 3. The van der Waals surface area contributed by atoms with Crippen LogP contribution in [-0.4, -0.2) is 36.5 Å². The second-order valence-electron chi connectivity index (χ2n) is 7.90. The summed E-state index contributed by atoms with van der Waals surface area (Å²) in [6.45, 7) is 6.67. The predicted molar refractivity (Wildman–Crippen MR) is 122 cm³/mol. The minimum absolute atomic E-state index is 0. The molecule has 2 aromatic rings. The maximum atomic E-state index is 12.4. The molecule has 1 aliphatic heterocycles. The Morgan fingerprint density at radius 3 is 2.17 bits per heavy atom. The number of nitrogens with one attached hydrogen (secondary N) is 2. The Kier molecular flexibility index (Phi) is 10.2. The lowest BCUT2D eigenvalue weighted by molar-refractivity contribution is -0.126. The number of carbonyl (C=O) groups is 1. The van der Waals surface area contributed by atoms with Gasteiger partial charge in [-0.15, -0.1) is 12.4 Å². The molecule has 0 aliphatic carbocycles. The molecular weight excluding hydrogens is 382 g/mol. The van der Waals surface area contributed by atoms with Gasteiger partial charge in [-0.25, -0.2) is 0 Å². The van der Waals surface area contributed by atoms with Gasteiger partial charge >= 0.3 is 0 Å². The van der Waals surface area contributed by atoms with Gasteiger partial charge in [-0.3, -0.25) is 9.69 Å². The molecule has 5 heteroatoms. The van der Waals surface area contributed by atoms with Crippen molar-refractivity contribution in [2.75, 3.05) is 19.6 Å². The van der Waals surface area contributed by atoms with Gasteiger partial charge in [0.15, 0.2) is 0 Å². The van der Waals surface area contributed by atoms with Crippen molar-refractivity contribution in [1.82, 2.24) is 15.5 Å². The minimum Gasteiger partial charge on any atom is -0.356 e. The molecule has 0 saturated carbocycles. The highest BCUT2D eigenvalue weighted by Gasteiger charge is 2.24. The maximum absolute atomic E-state index is 12.4. The number of rotatable bonds is 9. The predicted octanol–water partition coefficient (Wildman–Crippen LogP) is 4.01. The fourth-order valence-corrected chi connectivity index (χ4v) is 3.93. The molecule has 2 N–H and O–H groups in total. The smallest absolute Gasteiger partial charge is 0.223 e. The summed E-state index contributed by atoms with van der Waals surface area (Å²) in [5.74, 6) is 0.395. The third-order valence-corrected chi connectivity index (χ3v) is 5.44. The number of amides is 1. The van der Waals surface area contributed by atoms with Crippen molar-refractivity contribution < 1.29 is 4.79 Å². The Morgan fingerprint density at radius 2 is 1.62 bits per heavy atom. The van der Waals surface area contributed by atoms with Crippen LogP contribution in [0.4, 0.5) is 0 Å². The zero-order chi connectivity index (χ0) is 19.6. The summed E-state index contributed by atoms with van der Waals surface area (Å²) in [5.41, 5.74) is 2.65. The standard InChI is InChI=1S/C24H33N3O.ClH/c1-20-17-23(13-15-25-20)24(28)26-14-8-16-27(18-21-9-4-2-5-10-21)19-22-11-6-3-7-12-22;/h2-7,9-12,20,23,25H,8,13-19H2,1H3,(H,26,28);1H/t20-,23-;/m0./s1. The van der Waals surface area contributed by atoms with Crippen LogP contribution in [0.2, 0.25) is 0 Å². The highest BCUT2D eigenvalue weighted by molar-refractivity contribution is 5.85.